The molecule has 0 fully saturated rings. The maximum absolute atomic E-state index is 13.7. The molecule has 0 radical (unpaired) electrons. The first-order chi connectivity index (χ1) is 8.99. The molecule has 0 atom stereocenters. The Bertz CT molecular complexity index is 573. The van der Waals surface area contributed by atoms with Gasteiger partial charge in [-0.15, -0.1) is 0 Å². The molecule has 0 aliphatic rings. The SMILES string of the molecule is CCOC(=O)Cc1cc(C(=S)N=[N+]=[N-])c(F)cc1Br. The Kier molecular flexibility index (Phi) is 5.88. The quantitative estimate of drug-likeness (QED) is 0.274. The van der Waals surface area contributed by atoms with Gasteiger partial charge in [-0.2, -0.15) is 0 Å². The van der Waals surface area contributed by atoms with Gasteiger partial charge in [-0.3, -0.25) is 4.79 Å². The molecule has 8 heteroatoms. The average molecular weight is 346 g/mol. The molecule has 0 heterocycles. The maximum Gasteiger partial charge on any atom is 0.310 e. The number of benzene rings is 1. The van der Waals surface area contributed by atoms with Crippen molar-refractivity contribution in [2.45, 2.75) is 13.3 Å². The summed E-state index contributed by atoms with van der Waals surface area (Å²) in [4.78, 5) is 13.7. The van der Waals surface area contributed by atoms with Crippen LogP contribution in [0.5, 0.6) is 0 Å². The van der Waals surface area contributed by atoms with E-state index in [4.69, 9.17) is 22.5 Å². The normalized spacial score (nSPS) is 9.63. The number of carbonyl (C=O) groups is 1. The van der Waals surface area contributed by atoms with Gasteiger partial charge in [0.05, 0.1) is 13.0 Å². The highest BCUT2D eigenvalue weighted by molar-refractivity contribution is 9.10. The first-order valence-corrected chi connectivity index (χ1v) is 6.42. The average Bonchev–Trinajstić information content (AvgIpc) is 2.33. The van der Waals surface area contributed by atoms with Crippen molar-refractivity contribution in [1.29, 1.82) is 0 Å². The molecule has 1 aromatic rings. The summed E-state index contributed by atoms with van der Waals surface area (Å²) in [5.74, 6) is -1.06. The second-order valence-corrected chi connectivity index (χ2v) is 4.64. The number of nitrogens with zero attached hydrogens (tertiary/aromatic N) is 3. The summed E-state index contributed by atoms with van der Waals surface area (Å²) in [5, 5.41) is 3.18. The molecular weight excluding hydrogens is 337 g/mol. The molecule has 0 aliphatic heterocycles. The predicted molar refractivity (Wildman–Crippen MR) is 75.3 cm³/mol. The van der Waals surface area contributed by atoms with Crippen molar-refractivity contribution in [3.05, 3.63) is 44.0 Å². The molecule has 100 valence electrons. The summed E-state index contributed by atoms with van der Waals surface area (Å²) in [6.07, 6.45) is -0.0272. The van der Waals surface area contributed by atoms with Crippen LogP contribution in [-0.2, 0) is 16.0 Å². The number of esters is 1. The van der Waals surface area contributed by atoms with E-state index in [2.05, 4.69) is 26.0 Å². The Labute approximate surface area is 122 Å². The number of halogens is 2. The molecule has 0 spiro atoms. The van der Waals surface area contributed by atoms with E-state index >= 15 is 0 Å². The largest absolute Gasteiger partial charge is 0.466 e. The van der Waals surface area contributed by atoms with Crippen LogP contribution in [0.15, 0.2) is 21.7 Å². The zero-order valence-electron chi connectivity index (χ0n) is 9.89. The van der Waals surface area contributed by atoms with Crippen molar-refractivity contribution in [1.82, 2.24) is 0 Å². The molecule has 1 aromatic carbocycles. The summed E-state index contributed by atoms with van der Waals surface area (Å²) >= 11 is 7.94. The van der Waals surface area contributed by atoms with Crippen molar-refractivity contribution in [3.8, 4) is 0 Å². The highest BCUT2D eigenvalue weighted by atomic mass is 79.9. The highest BCUT2D eigenvalue weighted by Gasteiger charge is 2.14. The van der Waals surface area contributed by atoms with E-state index in [-0.39, 0.29) is 23.6 Å². The van der Waals surface area contributed by atoms with Crippen molar-refractivity contribution < 1.29 is 13.9 Å². The Hall–Kier alpha value is -1.50. The van der Waals surface area contributed by atoms with E-state index in [1.165, 1.54) is 12.1 Å². The predicted octanol–water partition coefficient (Wildman–Crippen LogP) is 3.68. The van der Waals surface area contributed by atoms with Gasteiger partial charge in [0.25, 0.3) is 0 Å². The van der Waals surface area contributed by atoms with Crippen molar-refractivity contribution >= 4 is 39.1 Å². The Balaban J connectivity index is 3.12. The van der Waals surface area contributed by atoms with Crippen LogP contribution >= 0.6 is 28.1 Å². The summed E-state index contributed by atoms with van der Waals surface area (Å²) in [6, 6.07) is 2.54. The van der Waals surface area contributed by atoms with Gasteiger partial charge >= 0.3 is 5.97 Å². The Morgan fingerprint density at radius 3 is 2.89 bits per heavy atom. The first kappa shape index (κ1) is 15.6. The molecule has 0 N–H and O–H groups in total. The smallest absolute Gasteiger partial charge is 0.310 e. The first-order valence-electron chi connectivity index (χ1n) is 5.22. The minimum atomic E-state index is -0.628. The van der Waals surface area contributed by atoms with E-state index < -0.39 is 11.8 Å². The third kappa shape index (κ3) is 4.27. The topological polar surface area (TPSA) is 75.1 Å². The zero-order chi connectivity index (χ0) is 14.4. The van der Waals surface area contributed by atoms with Crippen LogP contribution in [0, 0.1) is 5.82 Å². The number of thiocarbonyl (C=S) groups is 1. The second kappa shape index (κ2) is 7.18. The van der Waals surface area contributed by atoms with Crippen LogP contribution in [0.1, 0.15) is 18.1 Å². The van der Waals surface area contributed by atoms with Gasteiger partial charge in [-0.1, -0.05) is 28.1 Å². The lowest BCUT2D eigenvalue weighted by Crippen LogP contribution is -2.09. The summed E-state index contributed by atoms with van der Waals surface area (Å²) < 4.78 is 18.9. The van der Waals surface area contributed by atoms with Gasteiger partial charge in [0, 0.05) is 14.9 Å². The lowest BCUT2D eigenvalue weighted by molar-refractivity contribution is -0.142. The molecule has 0 saturated heterocycles. The molecule has 0 unspecified atom stereocenters. The summed E-state index contributed by atoms with van der Waals surface area (Å²) in [6.45, 7) is 1.96. The number of ether oxygens (including phenoxy) is 1. The van der Waals surface area contributed by atoms with E-state index in [9.17, 15) is 9.18 Å². The molecule has 0 aliphatic carbocycles. The number of carbonyl (C=O) groups excluding carboxylic acids is 1. The van der Waals surface area contributed by atoms with Crippen LogP contribution in [0.4, 0.5) is 4.39 Å². The fourth-order valence-corrected chi connectivity index (χ4v) is 2.00. The van der Waals surface area contributed by atoms with Crippen molar-refractivity contribution in [3.63, 3.8) is 0 Å². The van der Waals surface area contributed by atoms with Gasteiger partial charge in [0.2, 0.25) is 0 Å². The minimum absolute atomic E-state index is 0.0182. The maximum atomic E-state index is 13.7. The molecule has 5 nitrogen and oxygen atoms in total. The molecule has 1 rings (SSSR count). The number of hydrogen-bond donors (Lipinski definition) is 0. The molecule has 19 heavy (non-hydrogen) atoms. The Morgan fingerprint density at radius 1 is 1.63 bits per heavy atom. The van der Waals surface area contributed by atoms with Crippen LogP contribution in [0.25, 0.3) is 10.4 Å². The fraction of sp³-hybridized carbons (Fsp3) is 0.273. The molecular formula is C11H9BrFN3O2S. The Morgan fingerprint density at radius 2 is 2.32 bits per heavy atom. The standard InChI is InChI=1S/C11H9BrFN3O2S/c1-2-18-10(17)4-6-3-7(11(19)15-16-14)9(13)5-8(6)12/h3,5H,2,4H2,1H3. The van der Waals surface area contributed by atoms with Gasteiger partial charge in [0.15, 0.2) is 0 Å². The van der Waals surface area contributed by atoms with Gasteiger partial charge in [0.1, 0.15) is 10.8 Å². The molecule has 0 aromatic heterocycles. The molecule has 0 saturated carbocycles. The van der Waals surface area contributed by atoms with Crippen molar-refractivity contribution in [2.75, 3.05) is 6.61 Å². The van der Waals surface area contributed by atoms with E-state index in [1.807, 2.05) is 0 Å². The van der Waals surface area contributed by atoms with Gasteiger partial charge in [-0.05, 0) is 35.3 Å². The van der Waals surface area contributed by atoms with Crippen molar-refractivity contribution in [2.24, 2.45) is 5.11 Å². The lowest BCUT2D eigenvalue weighted by atomic mass is 10.1. The van der Waals surface area contributed by atoms with E-state index in [0.717, 1.165) is 0 Å². The van der Waals surface area contributed by atoms with Gasteiger partial charge in [-0.25, -0.2) is 4.39 Å². The molecule has 0 bridgehead atoms. The number of azide groups is 1. The van der Waals surface area contributed by atoms with Crippen LogP contribution in [0.3, 0.4) is 0 Å². The third-order valence-corrected chi connectivity index (χ3v) is 3.18. The zero-order valence-corrected chi connectivity index (χ0v) is 12.3. The van der Waals surface area contributed by atoms with Crippen LogP contribution in [0.2, 0.25) is 0 Å². The lowest BCUT2D eigenvalue weighted by Gasteiger charge is -2.08. The van der Waals surface area contributed by atoms with E-state index in [1.54, 1.807) is 6.92 Å². The second-order valence-electron chi connectivity index (χ2n) is 3.40. The monoisotopic (exact) mass is 345 g/mol. The summed E-state index contributed by atoms with van der Waals surface area (Å²) in [7, 11) is 0. The van der Waals surface area contributed by atoms with Gasteiger partial charge < -0.3 is 4.74 Å². The minimum Gasteiger partial charge on any atom is -0.466 e. The number of hydrogen-bond acceptors (Lipinski definition) is 3. The fourth-order valence-electron chi connectivity index (χ4n) is 1.36. The summed E-state index contributed by atoms with van der Waals surface area (Å²) in [5.41, 5.74) is 8.78. The highest BCUT2D eigenvalue weighted by Crippen LogP contribution is 2.23. The van der Waals surface area contributed by atoms with Crippen LogP contribution < -0.4 is 0 Å². The number of rotatable bonds is 4. The molecule has 0 amide bonds. The van der Waals surface area contributed by atoms with E-state index in [0.29, 0.717) is 10.0 Å². The van der Waals surface area contributed by atoms with Crippen LogP contribution in [-0.4, -0.2) is 17.6 Å². The third-order valence-electron chi connectivity index (χ3n) is 2.14.